The summed E-state index contributed by atoms with van der Waals surface area (Å²) in [6.45, 7) is 6.41. The fourth-order valence-electron chi connectivity index (χ4n) is 4.17. The van der Waals surface area contributed by atoms with Gasteiger partial charge < -0.3 is 4.90 Å². The molecule has 4 rings (SSSR count). The van der Waals surface area contributed by atoms with E-state index in [0.717, 1.165) is 42.8 Å². The Morgan fingerprint density at radius 3 is 2.58 bits per heavy atom. The summed E-state index contributed by atoms with van der Waals surface area (Å²) in [4.78, 5) is 28.4. The van der Waals surface area contributed by atoms with E-state index in [2.05, 4.69) is 16.5 Å². The average Bonchev–Trinajstić information content (AvgIpc) is 3.39. The van der Waals surface area contributed by atoms with Crippen molar-refractivity contribution in [2.24, 2.45) is 0 Å². The molecule has 0 spiro atoms. The van der Waals surface area contributed by atoms with Crippen molar-refractivity contribution < 1.29 is 4.79 Å². The van der Waals surface area contributed by atoms with E-state index < -0.39 is 0 Å². The highest BCUT2D eigenvalue weighted by Gasteiger charge is 2.30. The SMILES string of the molecule is CCCc1nnsc1C(=O)N1CCC(c2nn(Cc3ccccc3)c(=O)n2CC)CC1. The molecule has 164 valence electrons. The fraction of sp³-hybridized carbons (Fsp3) is 0.500. The molecule has 1 aliphatic heterocycles. The minimum absolute atomic E-state index is 0.0272. The average molecular weight is 441 g/mol. The molecule has 0 saturated carbocycles. The number of carbonyl (C=O) groups is 1. The predicted molar refractivity (Wildman–Crippen MR) is 119 cm³/mol. The second kappa shape index (κ2) is 9.55. The third-order valence-corrected chi connectivity index (χ3v) is 6.58. The number of rotatable bonds is 7. The Labute approximate surface area is 185 Å². The maximum atomic E-state index is 13.0. The first kappa shape index (κ1) is 21.4. The van der Waals surface area contributed by atoms with Crippen molar-refractivity contribution in [2.75, 3.05) is 13.1 Å². The number of hydrogen-bond acceptors (Lipinski definition) is 6. The first-order valence-electron chi connectivity index (χ1n) is 10.9. The van der Waals surface area contributed by atoms with Gasteiger partial charge in [-0.3, -0.25) is 9.36 Å². The van der Waals surface area contributed by atoms with Gasteiger partial charge in [0.05, 0.1) is 12.2 Å². The Hall–Kier alpha value is -2.81. The number of carbonyl (C=O) groups excluding carboxylic acids is 1. The second-order valence-electron chi connectivity index (χ2n) is 7.89. The third kappa shape index (κ3) is 4.46. The molecule has 1 saturated heterocycles. The van der Waals surface area contributed by atoms with Crippen LogP contribution in [0.4, 0.5) is 0 Å². The molecule has 2 aromatic heterocycles. The summed E-state index contributed by atoms with van der Waals surface area (Å²) in [6.07, 6.45) is 3.30. The van der Waals surface area contributed by atoms with Gasteiger partial charge >= 0.3 is 5.69 Å². The van der Waals surface area contributed by atoms with E-state index in [4.69, 9.17) is 5.10 Å². The molecule has 1 aromatic carbocycles. The molecule has 9 heteroatoms. The maximum absolute atomic E-state index is 13.0. The molecule has 3 heterocycles. The van der Waals surface area contributed by atoms with Gasteiger partial charge in [0.1, 0.15) is 10.7 Å². The van der Waals surface area contributed by atoms with Crippen molar-refractivity contribution in [3.05, 3.63) is 62.8 Å². The van der Waals surface area contributed by atoms with Gasteiger partial charge in [0.25, 0.3) is 5.91 Å². The summed E-state index contributed by atoms with van der Waals surface area (Å²) in [5, 5.41) is 8.83. The van der Waals surface area contributed by atoms with Gasteiger partial charge in [-0.2, -0.15) is 5.10 Å². The zero-order valence-electron chi connectivity index (χ0n) is 18.0. The largest absolute Gasteiger partial charge is 0.346 e. The third-order valence-electron chi connectivity index (χ3n) is 5.83. The molecule has 31 heavy (non-hydrogen) atoms. The van der Waals surface area contributed by atoms with Crippen LogP contribution in [-0.2, 0) is 19.5 Å². The van der Waals surface area contributed by atoms with Crippen LogP contribution in [0, 0.1) is 0 Å². The molecular weight excluding hydrogens is 412 g/mol. The normalized spacial score (nSPS) is 14.8. The minimum Gasteiger partial charge on any atom is -0.338 e. The van der Waals surface area contributed by atoms with E-state index in [1.807, 2.05) is 42.2 Å². The summed E-state index contributed by atoms with van der Waals surface area (Å²) < 4.78 is 7.32. The highest BCUT2D eigenvalue weighted by atomic mass is 32.1. The molecule has 1 aliphatic rings. The lowest BCUT2D eigenvalue weighted by atomic mass is 9.95. The standard InChI is InChI=1S/C22H28N6O2S/c1-3-8-18-19(31-25-23-18)21(29)26-13-11-17(12-14-26)20-24-28(22(30)27(20)4-2)15-16-9-6-5-7-10-16/h5-7,9-10,17H,3-4,8,11-15H2,1-2H3. The Balaban J connectivity index is 1.47. The highest BCUT2D eigenvalue weighted by Crippen LogP contribution is 2.28. The smallest absolute Gasteiger partial charge is 0.338 e. The topological polar surface area (TPSA) is 85.9 Å². The molecule has 3 aromatic rings. The second-order valence-corrected chi connectivity index (χ2v) is 8.65. The van der Waals surface area contributed by atoms with Crippen LogP contribution in [0.1, 0.15) is 65.8 Å². The molecule has 0 radical (unpaired) electrons. The van der Waals surface area contributed by atoms with Crippen LogP contribution in [0.5, 0.6) is 0 Å². The van der Waals surface area contributed by atoms with Crippen LogP contribution in [0.3, 0.4) is 0 Å². The number of likely N-dealkylation sites (tertiary alicyclic amines) is 1. The predicted octanol–water partition coefficient (Wildman–Crippen LogP) is 2.94. The number of piperidine rings is 1. The Bertz CT molecular complexity index is 1080. The maximum Gasteiger partial charge on any atom is 0.346 e. The molecule has 8 nitrogen and oxygen atoms in total. The molecule has 0 bridgehead atoms. The number of aromatic nitrogens is 5. The van der Waals surface area contributed by atoms with Gasteiger partial charge in [-0.25, -0.2) is 9.48 Å². The monoisotopic (exact) mass is 440 g/mol. The van der Waals surface area contributed by atoms with E-state index in [-0.39, 0.29) is 17.5 Å². The molecule has 0 N–H and O–H groups in total. The van der Waals surface area contributed by atoms with Crippen molar-refractivity contribution in [2.45, 2.75) is 58.5 Å². The summed E-state index contributed by atoms with van der Waals surface area (Å²) in [7, 11) is 0. The molecule has 0 unspecified atom stereocenters. The lowest BCUT2D eigenvalue weighted by Crippen LogP contribution is -2.38. The number of hydrogen-bond donors (Lipinski definition) is 0. The zero-order chi connectivity index (χ0) is 21.8. The van der Waals surface area contributed by atoms with Crippen LogP contribution in [-0.4, -0.2) is 47.8 Å². The summed E-state index contributed by atoms with van der Waals surface area (Å²) in [5.41, 5.74) is 1.79. The number of nitrogens with zero attached hydrogens (tertiary/aromatic N) is 6. The Morgan fingerprint density at radius 2 is 1.90 bits per heavy atom. The Morgan fingerprint density at radius 1 is 1.16 bits per heavy atom. The van der Waals surface area contributed by atoms with Crippen LogP contribution < -0.4 is 5.69 Å². The van der Waals surface area contributed by atoms with Gasteiger partial charge in [-0.15, -0.1) is 5.10 Å². The van der Waals surface area contributed by atoms with Crippen molar-refractivity contribution in [1.29, 1.82) is 0 Å². The van der Waals surface area contributed by atoms with Crippen molar-refractivity contribution in [3.63, 3.8) is 0 Å². The minimum atomic E-state index is -0.0696. The molecule has 1 fully saturated rings. The van der Waals surface area contributed by atoms with E-state index in [9.17, 15) is 9.59 Å². The van der Waals surface area contributed by atoms with Crippen LogP contribution in [0.25, 0.3) is 0 Å². The molecule has 0 atom stereocenters. The van der Waals surface area contributed by atoms with Gasteiger partial charge in [0.15, 0.2) is 0 Å². The van der Waals surface area contributed by atoms with Crippen molar-refractivity contribution in [1.82, 2.24) is 28.8 Å². The number of aryl methyl sites for hydroxylation is 1. The quantitative estimate of drug-likeness (QED) is 0.564. The lowest BCUT2D eigenvalue weighted by molar-refractivity contribution is 0.0713. The van der Waals surface area contributed by atoms with Gasteiger partial charge in [-0.1, -0.05) is 48.2 Å². The number of benzene rings is 1. The zero-order valence-corrected chi connectivity index (χ0v) is 18.8. The summed E-state index contributed by atoms with van der Waals surface area (Å²) >= 11 is 1.19. The van der Waals surface area contributed by atoms with Crippen LogP contribution in [0.15, 0.2) is 35.1 Å². The van der Waals surface area contributed by atoms with Gasteiger partial charge in [-0.05, 0) is 43.3 Å². The van der Waals surface area contributed by atoms with E-state index in [1.165, 1.54) is 11.5 Å². The van der Waals surface area contributed by atoms with Crippen LogP contribution in [0.2, 0.25) is 0 Å². The fourth-order valence-corrected chi connectivity index (χ4v) is 4.85. The van der Waals surface area contributed by atoms with E-state index in [0.29, 0.717) is 31.1 Å². The summed E-state index contributed by atoms with van der Waals surface area (Å²) in [6, 6.07) is 9.90. The summed E-state index contributed by atoms with van der Waals surface area (Å²) in [5.74, 6) is 1.03. The molecular formula is C22H28N6O2S. The van der Waals surface area contributed by atoms with Gasteiger partial charge in [0.2, 0.25) is 0 Å². The molecule has 0 aliphatic carbocycles. The van der Waals surface area contributed by atoms with Crippen LogP contribution >= 0.6 is 11.5 Å². The lowest BCUT2D eigenvalue weighted by Gasteiger charge is -2.31. The van der Waals surface area contributed by atoms with Gasteiger partial charge in [0, 0.05) is 25.6 Å². The van der Waals surface area contributed by atoms with E-state index >= 15 is 0 Å². The molecule has 1 amide bonds. The van der Waals surface area contributed by atoms with Crippen molar-refractivity contribution in [3.8, 4) is 0 Å². The first-order valence-corrected chi connectivity index (χ1v) is 11.7. The van der Waals surface area contributed by atoms with E-state index in [1.54, 1.807) is 9.25 Å². The highest BCUT2D eigenvalue weighted by molar-refractivity contribution is 7.08. The first-order chi connectivity index (χ1) is 15.1. The number of amides is 1. The van der Waals surface area contributed by atoms with Crippen molar-refractivity contribution >= 4 is 17.4 Å². The Kier molecular flexibility index (Phi) is 6.60.